The number of carbonyl (C=O) groups excluding carboxylic acids is 7. The number of benzene rings is 5. The molecule has 1 saturated heterocycles. The van der Waals surface area contributed by atoms with Crippen molar-refractivity contribution in [2.24, 2.45) is 16.7 Å². The van der Waals surface area contributed by atoms with E-state index in [1.807, 2.05) is 0 Å². The molecule has 1 aliphatic heterocycles. The summed E-state index contributed by atoms with van der Waals surface area (Å²) >= 11 is 0. The highest BCUT2D eigenvalue weighted by molar-refractivity contribution is 5.97. The minimum absolute atomic E-state index is 0.0359. The van der Waals surface area contributed by atoms with E-state index in [1.165, 1.54) is 19.1 Å². The van der Waals surface area contributed by atoms with E-state index in [4.69, 9.17) is 28.4 Å². The molecule has 3 aliphatic carbocycles. The Balaban J connectivity index is 1.22. The van der Waals surface area contributed by atoms with Gasteiger partial charge in [-0.25, -0.2) is 9.59 Å². The highest BCUT2D eigenvalue weighted by Gasteiger charge is 2.78. The van der Waals surface area contributed by atoms with Crippen molar-refractivity contribution in [1.29, 1.82) is 0 Å². The number of aliphatic hydroxyl groups is 2. The average Bonchev–Trinajstić information content (AvgIpc) is 3.31. The predicted octanol–water partition coefficient (Wildman–Crippen LogP) is 6.75. The fourth-order valence-corrected chi connectivity index (χ4v) is 12.0. The molecule has 2 saturated carbocycles. The number of hydrogen-bond acceptors (Lipinski definition) is 15. The maximum Gasteiger partial charge on any atom is 0.350 e. The van der Waals surface area contributed by atoms with Crippen LogP contribution in [0.25, 0.3) is 0 Å². The SMILES string of the molecule is CC(=O)O[C@@]12CO[C@@H]1C[C@H](O)[C@@]1(C)C(=O)[C@H](OC(=O)Cc3ccccc3)C3=C(C)[C@@H](OC(=O)C(OC(=O)Cc4ccccc4)C(NC(=O)c4ccccc4)c4ccccc4)C[C@@](O)([C@@H](OC(=O)c4ccccc4)C12)C3(C)C. The van der Waals surface area contributed by atoms with Crippen molar-refractivity contribution in [1.82, 2.24) is 5.32 Å². The van der Waals surface area contributed by atoms with Gasteiger partial charge >= 0.3 is 29.8 Å². The normalized spacial score (nSPS) is 27.8. The summed E-state index contributed by atoms with van der Waals surface area (Å²) in [7, 11) is 0. The predicted molar refractivity (Wildman–Crippen MR) is 276 cm³/mol. The Kier molecular flexibility index (Phi) is 15.2. The fourth-order valence-electron chi connectivity index (χ4n) is 12.0. The first kappa shape index (κ1) is 54.0. The second-order valence-corrected chi connectivity index (χ2v) is 21.0. The molecule has 5 aromatic rings. The van der Waals surface area contributed by atoms with E-state index in [1.54, 1.807) is 160 Å². The van der Waals surface area contributed by atoms with Crippen LogP contribution in [0.4, 0.5) is 0 Å². The van der Waals surface area contributed by atoms with Gasteiger partial charge in [0.05, 0.1) is 42.4 Å². The van der Waals surface area contributed by atoms with Gasteiger partial charge in [0, 0.05) is 30.7 Å². The Labute approximate surface area is 445 Å². The van der Waals surface area contributed by atoms with Crippen molar-refractivity contribution in [3.05, 3.63) is 191 Å². The van der Waals surface area contributed by atoms with Crippen LogP contribution in [0.15, 0.2) is 163 Å². The molecule has 9 rings (SSSR count). The number of Topliss-reactive ketones (excluding diaryl/α,β-unsaturated/α-hetero) is 1. The molecule has 3 N–H and O–H groups in total. The van der Waals surface area contributed by atoms with Gasteiger partial charge in [0.1, 0.15) is 30.0 Å². The molecule has 0 spiro atoms. The zero-order chi connectivity index (χ0) is 54.9. The molecule has 16 heteroatoms. The summed E-state index contributed by atoms with van der Waals surface area (Å²) in [5.41, 5.74) is -6.39. The first-order valence-corrected chi connectivity index (χ1v) is 25.6. The number of ether oxygens (including phenoxy) is 6. The third-order valence-electron chi connectivity index (χ3n) is 16.1. The van der Waals surface area contributed by atoms with Crippen molar-refractivity contribution in [2.75, 3.05) is 6.61 Å². The smallest absolute Gasteiger partial charge is 0.350 e. The summed E-state index contributed by atoms with van der Waals surface area (Å²) in [6.07, 6.45) is -11.5. The molecule has 1 amide bonds. The number of carbonyl (C=O) groups is 7. The van der Waals surface area contributed by atoms with Crippen LogP contribution < -0.4 is 5.32 Å². The molecule has 16 nitrogen and oxygen atoms in total. The van der Waals surface area contributed by atoms with Crippen molar-refractivity contribution < 1.29 is 72.2 Å². The van der Waals surface area contributed by atoms with Crippen LogP contribution in [0, 0.1) is 16.7 Å². The number of amides is 1. The van der Waals surface area contributed by atoms with Gasteiger partial charge in [-0.15, -0.1) is 0 Å². The van der Waals surface area contributed by atoms with Gasteiger partial charge in [-0.1, -0.05) is 141 Å². The van der Waals surface area contributed by atoms with E-state index in [-0.39, 0.29) is 48.1 Å². The molecule has 2 bridgehead atoms. The monoisotopic (exact) mass is 1050 g/mol. The lowest BCUT2D eigenvalue weighted by Gasteiger charge is -2.67. The topological polar surface area (TPSA) is 227 Å². The highest BCUT2D eigenvalue weighted by atomic mass is 16.6. The molecular weight excluding hydrogens is 987 g/mol. The maximum absolute atomic E-state index is 16.2. The molecule has 0 aromatic heterocycles. The first-order valence-electron chi connectivity index (χ1n) is 25.6. The molecule has 4 aliphatic rings. The van der Waals surface area contributed by atoms with E-state index < -0.39 is 119 Å². The summed E-state index contributed by atoms with van der Waals surface area (Å²) < 4.78 is 37.7. The van der Waals surface area contributed by atoms with Crippen LogP contribution in [0.5, 0.6) is 0 Å². The Morgan fingerprint density at radius 2 is 1.25 bits per heavy atom. The summed E-state index contributed by atoms with van der Waals surface area (Å²) in [5.74, 6) is -7.80. The Hall–Kier alpha value is -7.79. The number of rotatable bonds is 15. The number of esters is 5. The average molecular weight is 1050 g/mol. The van der Waals surface area contributed by atoms with Gasteiger partial charge in [0.25, 0.3) is 5.91 Å². The Morgan fingerprint density at radius 3 is 1.79 bits per heavy atom. The summed E-state index contributed by atoms with van der Waals surface area (Å²) in [6, 6.07) is 40.3. The van der Waals surface area contributed by atoms with Gasteiger partial charge < -0.3 is 44.0 Å². The highest BCUT2D eigenvalue weighted by Crippen LogP contribution is 2.64. The van der Waals surface area contributed by atoms with Gasteiger partial charge in [-0.2, -0.15) is 0 Å². The molecule has 3 fully saturated rings. The lowest BCUT2D eigenvalue weighted by molar-refractivity contribution is -0.346. The van der Waals surface area contributed by atoms with Crippen LogP contribution in [-0.4, -0.2) is 106 Å². The lowest BCUT2D eigenvalue weighted by Crippen LogP contribution is -2.82. The quantitative estimate of drug-likeness (QED) is 0.0560. The summed E-state index contributed by atoms with van der Waals surface area (Å²) in [6.45, 7) is 6.92. The van der Waals surface area contributed by atoms with Crippen LogP contribution >= 0.6 is 0 Å². The van der Waals surface area contributed by atoms with Crippen LogP contribution in [-0.2, 0) is 65.2 Å². The number of fused-ring (bicyclic) bond motifs is 5. The van der Waals surface area contributed by atoms with E-state index in [9.17, 15) is 34.2 Å². The number of ketones is 1. The van der Waals surface area contributed by atoms with Crippen molar-refractivity contribution in [3.63, 3.8) is 0 Å². The molecule has 5 aromatic carbocycles. The van der Waals surface area contributed by atoms with Gasteiger partial charge in [-0.05, 0) is 65.9 Å². The largest absolute Gasteiger partial charge is 0.455 e. The second-order valence-electron chi connectivity index (χ2n) is 21.0. The lowest BCUT2D eigenvalue weighted by atomic mass is 9.44. The zero-order valence-electron chi connectivity index (χ0n) is 43.3. The van der Waals surface area contributed by atoms with E-state index in [2.05, 4.69) is 5.32 Å². The molecule has 1 heterocycles. The minimum atomic E-state index is -2.49. The third-order valence-corrected chi connectivity index (χ3v) is 16.1. The van der Waals surface area contributed by atoms with E-state index in [0.29, 0.717) is 16.7 Å². The van der Waals surface area contributed by atoms with E-state index in [0.717, 1.165) is 6.92 Å². The first-order chi connectivity index (χ1) is 36.8. The van der Waals surface area contributed by atoms with Crippen LogP contribution in [0.1, 0.15) is 90.9 Å². The minimum Gasteiger partial charge on any atom is -0.455 e. The van der Waals surface area contributed by atoms with Crippen molar-refractivity contribution >= 4 is 41.5 Å². The number of hydrogen-bond donors (Lipinski definition) is 3. The third kappa shape index (κ3) is 10.2. The molecule has 400 valence electrons. The standard InChI is InChI=1S/C61H61NO15/c1-36-43(73-57(70)51(75-47(66)32-39-23-13-7-14-24-39)49(40-25-15-8-16-26-40)62-55(68)41-27-17-9-18-28-41)34-61(71)54(76-56(69)42-29-19-10-20-30-42)52-59(5,44(64)33-45-60(52,35-72-45)77-37(2)63)53(67)50(48(36)58(61,3)4)74-46(65)31-38-21-11-6-12-22-38/h6-30,43-45,49-52,54,64,71H,31-35H2,1-5H3,(H,62,68)/t43-,44-,45+,49?,50+,51?,52?,54-,59+,60-,61+/m0/s1. The molecule has 77 heavy (non-hydrogen) atoms. The van der Waals surface area contributed by atoms with Crippen molar-refractivity contribution in [2.45, 2.75) is 114 Å². The summed E-state index contributed by atoms with van der Waals surface area (Å²) in [5, 5.41) is 29.5. The maximum atomic E-state index is 16.2. The molecule has 3 unspecified atom stereocenters. The van der Waals surface area contributed by atoms with Gasteiger partial charge in [0.2, 0.25) is 6.10 Å². The van der Waals surface area contributed by atoms with Crippen LogP contribution in [0.3, 0.4) is 0 Å². The van der Waals surface area contributed by atoms with Gasteiger partial charge in [-0.3, -0.25) is 24.0 Å². The number of aliphatic hydroxyl groups excluding tert-OH is 1. The Morgan fingerprint density at radius 1 is 0.714 bits per heavy atom. The summed E-state index contributed by atoms with van der Waals surface area (Å²) in [4.78, 5) is 102. The Bertz CT molecular complexity index is 3060. The van der Waals surface area contributed by atoms with Crippen molar-refractivity contribution in [3.8, 4) is 0 Å². The second kappa shape index (κ2) is 21.7. The fraction of sp³-hybridized carbons (Fsp3) is 0.361. The number of nitrogens with one attached hydrogen (secondary N) is 1. The molecule has 0 radical (unpaired) electrons. The molecule has 11 atom stereocenters. The van der Waals surface area contributed by atoms with Gasteiger partial charge in [0.15, 0.2) is 17.5 Å². The molecular formula is C61H61NO15. The van der Waals surface area contributed by atoms with E-state index >= 15 is 9.59 Å². The van der Waals surface area contributed by atoms with Crippen LogP contribution in [0.2, 0.25) is 0 Å². The zero-order valence-corrected chi connectivity index (χ0v) is 43.3.